The van der Waals surface area contributed by atoms with Crippen LogP contribution in [-0.4, -0.2) is 28.2 Å². The Kier molecular flexibility index (Phi) is 5.53. The van der Waals surface area contributed by atoms with E-state index in [1.54, 1.807) is 30.5 Å². The van der Waals surface area contributed by atoms with E-state index >= 15 is 0 Å². The van der Waals surface area contributed by atoms with Gasteiger partial charge in [0.25, 0.3) is 5.91 Å². The van der Waals surface area contributed by atoms with Crippen molar-refractivity contribution >= 4 is 16.7 Å². The summed E-state index contributed by atoms with van der Waals surface area (Å²) in [4.78, 5) is 11.8. The van der Waals surface area contributed by atoms with Crippen LogP contribution >= 0.6 is 0 Å². The lowest BCUT2D eigenvalue weighted by atomic mass is 10.1. The zero-order chi connectivity index (χ0) is 13.5. The van der Waals surface area contributed by atoms with Crippen LogP contribution in [0.1, 0.15) is 29.3 Å². The number of benzene rings is 1. The fourth-order valence-electron chi connectivity index (χ4n) is 1.39. The molecule has 0 aliphatic heterocycles. The zero-order valence-corrected chi connectivity index (χ0v) is 11.3. The molecule has 0 fully saturated rings. The second-order valence-electron chi connectivity index (χ2n) is 4.05. The molecule has 1 aromatic carbocycles. The predicted molar refractivity (Wildman–Crippen MR) is 71.6 cm³/mol. The first-order valence-corrected chi connectivity index (χ1v) is 7.27. The van der Waals surface area contributed by atoms with E-state index in [0.717, 1.165) is 0 Å². The van der Waals surface area contributed by atoms with Gasteiger partial charge in [-0.15, -0.1) is 0 Å². The van der Waals surface area contributed by atoms with E-state index < -0.39 is 10.8 Å². The number of hydrogen-bond acceptors (Lipinski definition) is 3. The highest BCUT2D eigenvalue weighted by Crippen LogP contribution is 2.04. The molecule has 0 aliphatic rings. The van der Waals surface area contributed by atoms with Crippen LogP contribution in [0, 0.1) is 11.3 Å². The fraction of sp³-hybridized carbons (Fsp3) is 0.385. The first kappa shape index (κ1) is 14.4. The Morgan fingerprint density at radius 2 is 2.28 bits per heavy atom. The largest absolute Gasteiger partial charge is 0.352 e. The van der Waals surface area contributed by atoms with Crippen LogP contribution in [0.25, 0.3) is 0 Å². The highest BCUT2D eigenvalue weighted by molar-refractivity contribution is 7.84. The second-order valence-corrected chi connectivity index (χ2v) is 5.85. The van der Waals surface area contributed by atoms with Crippen molar-refractivity contribution in [2.45, 2.75) is 18.6 Å². The van der Waals surface area contributed by atoms with Crippen molar-refractivity contribution < 1.29 is 9.00 Å². The molecule has 5 heteroatoms. The third-order valence-corrected chi connectivity index (χ3v) is 4.03. The molecule has 1 N–H and O–H groups in total. The van der Waals surface area contributed by atoms with E-state index in [4.69, 9.17) is 5.26 Å². The van der Waals surface area contributed by atoms with Crippen LogP contribution in [0.3, 0.4) is 0 Å². The van der Waals surface area contributed by atoms with Gasteiger partial charge in [-0.3, -0.25) is 9.00 Å². The Morgan fingerprint density at radius 3 is 2.89 bits per heavy atom. The molecular weight excluding hydrogens is 248 g/mol. The molecular formula is C13H16N2O2S. The van der Waals surface area contributed by atoms with Crippen LogP contribution in [0.4, 0.5) is 0 Å². The summed E-state index contributed by atoms with van der Waals surface area (Å²) in [6.45, 7) is 2.37. The first-order valence-electron chi connectivity index (χ1n) is 5.65. The van der Waals surface area contributed by atoms with Crippen molar-refractivity contribution in [3.8, 4) is 6.07 Å². The Balaban J connectivity index is 2.51. The maximum atomic E-state index is 11.8. The Morgan fingerprint density at radius 1 is 1.56 bits per heavy atom. The van der Waals surface area contributed by atoms with Crippen molar-refractivity contribution in [3.63, 3.8) is 0 Å². The summed E-state index contributed by atoms with van der Waals surface area (Å²) in [7, 11) is -0.869. The van der Waals surface area contributed by atoms with E-state index in [0.29, 0.717) is 24.1 Å². The minimum Gasteiger partial charge on any atom is -0.352 e. The molecule has 0 heterocycles. The maximum absolute atomic E-state index is 11.8. The van der Waals surface area contributed by atoms with Gasteiger partial charge in [-0.2, -0.15) is 5.26 Å². The van der Waals surface area contributed by atoms with Gasteiger partial charge in [0, 0.05) is 34.4 Å². The fourth-order valence-corrected chi connectivity index (χ4v) is 1.84. The highest BCUT2D eigenvalue weighted by atomic mass is 32.2. The number of nitrogens with zero attached hydrogens (tertiary/aromatic N) is 1. The number of hydrogen-bond donors (Lipinski definition) is 1. The lowest BCUT2D eigenvalue weighted by molar-refractivity contribution is 0.0953. The summed E-state index contributed by atoms with van der Waals surface area (Å²) >= 11 is 0. The third-order valence-electron chi connectivity index (χ3n) is 2.66. The van der Waals surface area contributed by atoms with Gasteiger partial charge in [-0.05, 0) is 24.6 Å². The topological polar surface area (TPSA) is 70.0 Å². The summed E-state index contributed by atoms with van der Waals surface area (Å²) in [6, 6.07) is 8.54. The maximum Gasteiger partial charge on any atom is 0.251 e. The molecule has 0 saturated carbocycles. The molecule has 0 bridgehead atoms. The van der Waals surface area contributed by atoms with E-state index in [-0.39, 0.29) is 11.2 Å². The molecule has 1 amide bonds. The van der Waals surface area contributed by atoms with Gasteiger partial charge in [-0.25, -0.2) is 0 Å². The molecule has 96 valence electrons. The van der Waals surface area contributed by atoms with Gasteiger partial charge in [0.1, 0.15) is 0 Å². The molecule has 18 heavy (non-hydrogen) atoms. The summed E-state index contributed by atoms with van der Waals surface area (Å²) in [6.07, 6.45) is 2.33. The molecule has 0 aliphatic carbocycles. The number of amides is 1. The lowest BCUT2D eigenvalue weighted by Crippen LogP contribution is -2.27. The minimum absolute atomic E-state index is 0.0655. The van der Waals surface area contributed by atoms with Crippen LogP contribution in [-0.2, 0) is 10.8 Å². The van der Waals surface area contributed by atoms with Gasteiger partial charge in [0.05, 0.1) is 11.6 Å². The van der Waals surface area contributed by atoms with E-state index in [2.05, 4.69) is 5.32 Å². The molecule has 0 aromatic heterocycles. The van der Waals surface area contributed by atoms with Gasteiger partial charge in [0.2, 0.25) is 0 Å². The van der Waals surface area contributed by atoms with Gasteiger partial charge in [0.15, 0.2) is 0 Å². The van der Waals surface area contributed by atoms with E-state index in [1.165, 1.54) is 0 Å². The molecule has 0 spiro atoms. The monoisotopic (exact) mass is 264 g/mol. The van der Waals surface area contributed by atoms with Crippen molar-refractivity contribution in [2.24, 2.45) is 0 Å². The Hall–Kier alpha value is -1.67. The van der Waals surface area contributed by atoms with Gasteiger partial charge < -0.3 is 5.32 Å². The van der Waals surface area contributed by atoms with Crippen molar-refractivity contribution in [3.05, 3.63) is 35.4 Å². The average Bonchev–Trinajstić information content (AvgIpc) is 2.38. The lowest BCUT2D eigenvalue weighted by Gasteiger charge is -2.09. The number of rotatable bonds is 5. The molecule has 2 unspecified atom stereocenters. The number of nitriles is 1. The normalized spacial score (nSPS) is 13.4. The summed E-state index contributed by atoms with van der Waals surface area (Å²) in [5.74, 6) is -0.207. The smallest absolute Gasteiger partial charge is 0.251 e. The van der Waals surface area contributed by atoms with Crippen molar-refractivity contribution in [2.75, 3.05) is 12.8 Å². The minimum atomic E-state index is -0.869. The van der Waals surface area contributed by atoms with Crippen molar-refractivity contribution in [1.82, 2.24) is 5.32 Å². The summed E-state index contributed by atoms with van der Waals surface area (Å²) in [5, 5.41) is 11.6. The zero-order valence-electron chi connectivity index (χ0n) is 10.5. The first-order chi connectivity index (χ1) is 8.54. The second kappa shape index (κ2) is 6.92. The van der Waals surface area contributed by atoms with Crippen LogP contribution < -0.4 is 5.32 Å². The van der Waals surface area contributed by atoms with Crippen LogP contribution in [0.2, 0.25) is 0 Å². The number of carbonyl (C=O) groups excluding carboxylic acids is 1. The summed E-state index contributed by atoms with van der Waals surface area (Å²) < 4.78 is 11.1. The Bertz CT molecular complexity index is 494. The van der Waals surface area contributed by atoms with Crippen molar-refractivity contribution in [1.29, 1.82) is 5.26 Å². The van der Waals surface area contributed by atoms with E-state index in [9.17, 15) is 9.00 Å². The number of nitrogens with one attached hydrogen (secondary N) is 1. The predicted octanol–water partition coefficient (Wildman–Crippen LogP) is 1.45. The van der Waals surface area contributed by atoms with Crippen LogP contribution in [0.15, 0.2) is 24.3 Å². The SMILES string of the molecule is CC(CCNC(=O)c1cccc(C#N)c1)S(C)=O. The Labute approximate surface area is 109 Å². The van der Waals surface area contributed by atoms with Crippen LogP contribution in [0.5, 0.6) is 0 Å². The standard InChI is InChI=1S/C13H16N2O2S/c1-10(18(2)17)6-7-15-13(16)12-5-3-4-11(8-12)9-14/h3-5,8,10H,6-7H2,1-2H3,(H,15,16). The molecule has 1 aromatic rings. The average molecular weight is 264 g/mol. The molecule has 0 saturated heterocycles. The highest BCUT2D eigenvalue weighted by Gasteiger charge is 2.08. The van der Waals surface area contributed by atoms with Gasteiger partial charge in [-0.1, -0.05) is 13.0 Å². The summed E-state index contributed by atoms with van der Waals surface area (Å²) in [5.41, 5.74) is 0.935. The quantitative estimate of drug-likeness (QED) is 0.875. The third kappa shape index (κ3) is 4.30. The molecule has 1 rings (SSSR count). The number of carbonyl (C=O) groups is 1. The van der Waals surface area contributed by atoms with E-state index in [1.807, 2.05) is 13.0 Å². The molecule has 0 radical (unpaired) electrons. The van der Waals surface area contributed by atoms with Gasteiger partial charge >= 0.3 is 0 Å². The molecule has 2 atom stereocenters. The molecule has 4 nitrogen and oxygen atoms in total.